The average Bonchev–Trinajstić information content (AvgIpc) is 2.02. The highest BCUT2D eigenvalue weighted by atomic mass is 35.7. The summed E-state index contributed by atoms with van der Waals surface area (Å²) in [4.78, 5) is 0. The van der Waals surface area contributed by atoms with Crippen molar-refractivity contribution < 1.29 is 0 Å². The molecule has 2 heteroatoms. The lowest BCUT2D eigenvalue weighted by Crippen LogP contribution is -2.09. The van der Waals surface area contributed by atoms with E-state index in [9.17, 15) is 0 Å². The van der Waals surface area contributed by atoms with Crippen LogP contribution in [-0.4, -0.2) is 6.16 Å². The van der Waals surface area contributed by atoms with Crippen molar-refractivity contribution in [3.8, 4) is 0 Å². The van der Waals surface area contributed by atoms with Crippen molar-refractivity contribution in [2.75, 3.05) is 6.16 Å². The van der Waals surface area contributed by atoms with Crippen molar-refractivity contribution >= 4 is 18.5 Å². The topological polar surface area (TPSA) is 0 Å². The van der Waals surface area contributed by atoms with E-state index in [1.54, 1.807) is 0 Å². The van der Waals surface area contributed by atoms with Gasteiger partial charge >= 0.3 is 0 Å². The number of hydrogen-bond donors (Lipinski definition) is 0. The largest absolute Gasteiger partial charge is 0.0961 e. The highest BCUT2D eigenvalue weighted by molar-refractivity contribution is 7.83. The molecule has 0 nitrogen and oxygen atoms in total. The molecule has 0 bridgehead atoms. The molecule has 0 heterocycles. The molecule has 0 saturated heterocycles. The Kier molecular flexibility index (Phi) is 4.41. The van der Waals surface area contributed by atoms with Gasteiger partial charge in [0.2, 0.25) is 0 Å². The minimum absolute atomic E-state index is 0.349. The molecule has 0 spiro atoms. The molecule has 0 fully saturated rings. The molecular formula is C12H18ClP. The van der Waals surface area contributed by atoms with E-state index in [1.165, 1.54) is 5.56 Å². The number of benzene rings is 1. The van der Waals surface area contributed by atoms with Gasteiger partial charge in [0.1, 0.15) is 0 Å². The number of halogens is 1. The standard InChI is InChI=1S/C12H18ClP/c1-12(2,3)10-14(13)9-11-7-5-4-6-8-11/h4-8H,9-10H2,1-3H3. The minimum atomic E-state index is -0.373. The summed E-state index contributed by atoms with van der Waals surface area (Å²) < 4.78 is 0. The first kappa shape index (κ1) is 12.0. The molecule has 0 radical (unpaired) electrons. The molecule has 0 aliphatic heterocycles. The molecule has 14 heavy (non-hydrogen) atoms. The van der Waals surface area contributed by atoms with Gasteiger partial charge in [-0.1, -0.05) is 62.3 Å². The van der Waals surface area contributed by atoms with E-state index in [2.05, 4.69) is 45.0 Å². The molecule has 0 N–H and O–H groups in total. The average molecular weight is 229 g/mol. The Morgan fingerprint density at radius 2 is 1.71 bits per heavy atom. The van der Waals surface area contributed by atoms with Gasteiger partial charge in [0.15, 0.2) is 0 Å². The van der Waals surface area contributed by atoms with E-state index in [0.717, 1.165) is 12.3 Å². The van der Waals surface area contributed by atoms with Crippen molar-refractivity contribution in [1.29, 1.82) is 0 Å². The summed E-state index contributed by atoms with van der Waals surface area (Å²) in [7, 11) is -0.373. The first-order chi connectivity index (χ1) is 6.47. The third-order valence-electron chi connectivity index (χ3n) is 1.84. The van der Waals surface area contributed by atoms with Gasteiger partial charge < -0.3 is 0 Å². The van der Waals surface area contributed by atoms with Crippen molar-refractivity contribution in [1.82, 2.24) is 0 Å². The Hall–Kier alpha value is -0.0600. The number of hydrogen-bond acceptors (Lipinski definition) is 0. The van der Waals surface area contributed by atoms with Gasteiger partial charge in [-0.05, 0) is 24.4 Å². The molecule has 0 aliphatic rings. The molecule has 0 aromatic heterocycles. The summed E-state index contributed by atoms with van der Waals surface area (Å²) in [6.45, 7) is 6.74. The summed E-state index contributed by atoms with van der Waals surface area (Å²) in [5.41, 5.74) is 1.71. The van der Waals surface area contributed by atoms with Crippen molar-refractivity contribution in [3.05, 3.63) is 35.9 Å². The van der Waals surface area contributed by atoms with Crippen LogP contribution in [0.2, 0.25) is 0 Å². The summed E-state index contributed by atoms with van der Waals surface area (Å²) in [6.07, 6.45) is 2.16. The van der Waals surface area contributed by atoms with Crippen molar-refractivity contribution in [2.24, 2.45) is 5.41 Å². The first-order valence-corrected chi connectivity index (χ1v) is 7.54. The third kappa shape index (κ3) is 4.98. The van der Waals surface area contributed by atoms with E-state index >= 15 is 0 Å². The van der Waals surface area contributed by atoms with Crippen LogP contribution in [0.25, 0.3) is 0 Å². The van der Waals surface area contributed by atoms with Crippen LogP contribution >= 0.6 is 18.5 Å². The summed E-state index contributed by atoms with van der Waals surface area (Å²) in [5, 5.41) is 0. The quantitative estimate of drug-likeness (QED) is 0.648. The van der Waals surface area contributed by atoms with E-state index < -0.39 is 0 Å². The Labute approximate surface area is 93.2 Å². The van der Waals surface area contributed by atoms with Gasteiger partial charge in [0.05, 0.1) is 0 Å². The normalized spacial score (nSPS) is 14.0. The fourth-order valence-electron chi connectivity index (χ4n) is 1.35. The van der Waals surface area contributed by atoms with Crippen LogP contribution in [0.15, 0.2) is 30.3 Å². The second kappa shape index (κ2) is 5.14. The fraction of sp³-hybridized carbons (Fsp3) is 0.500. The van der Waals surface area contributed by atoms with E-state index in [4.69, 9.17) is 11.2 Å². The van der Waals surface area contributed by atoms with Gasteiger partial charge in [-0.3, -0.25) is 0 Å². The van der Waals surface area contributed by atoms with E-state index in [0.29, 0.717) is 5.41 Å². The predicted molar refractivity (Wildman–Crippen MR) is 67.2 cm³/mol. The molecule has 1 aromatic carbocycles. The van der Waals surface area contributed by atoms with Gasteiger partial charge in [0, 0.05) is 6.16 Å². The summed E-state index contributed by atoms with van der Waals surface area (Å²) >= 11 is 6.36. The van der Waals surface area contributed by atoms with Crippen LogP contribution < -0.4 is 0 Å². The lowest BCUT2D eigenvalue weighted by molar-refractivity contribution is 0.478. The van der Waals surface area contributed by atoms with Crippen LogP contribution in [0.4, 0.5) is 0 Å². The van der Waals surface area contributed by atoms with Crippen molar-refractivity contribution in [3.63, 3.8) is 0 Å². The van der Waals surface area contributed by atoms with Gasteiger partial charge in [-0.15, -0.1) is 0 Å². The second-order valence-electron chi connectivity index (χ2n) is 4.83. The van der Waals surface area contributed by atoms with Crippen LogP contribution in [0.3, 0.4) is 0 Å². The highest BCUT2D eigenvalue weighted by Gasteiger charge is 2.16. The molecule has 0 aliphatic carbocycles. The maximum atomic E-state index is 6.36. The van der Waals surface area contributed by atoms with Crippen LogP contribution in [0.1, 0.15) is 26.3 Å². The maximum absolute atomic E-state index is 6.36. The molecular weight excluding hydrogens is 211 g/mol. The molecule has 1 atom stereocenters. The lowest BCUT2D eigenvalue weighted by atomic mass is 10.0. The van der Waals surface area contributed by atoms with Crippen LogP contribution in [0, 0.1) is 5.41 Å². The minimum Gasteiger partial charge on any atom is -0.0961 e. The fourth-order valence-corrected chi connectivity index (χ4v) is 4.59. The molecule has 1 rings (SSSR count). The zero-order chi connectivity index (χ0) is 10.6. The maximum Gasteiger partial charge on any atom is 0.00660 e. The molecule has 0 amide bonds. The molecule has 78 valence electrons. The molecule has 1 unspecified atom stereocenters. The monoisotopic (exact) mass is 228 g/mol. The van der Waals surface area contributed by atoms with E-state index in [1.807, 2.05) is 6.07 Å². The lowest BCUT2D eigenvalue weighted by Gasteiger charge is -2.21. The smallest absolute Gasteiger partial charge is 0.00660 e. The van der Waals surface area contributed by atoms with Gasteiger partial charge in [0.25, 0.3) is 0 Å². The molecule has 1 aromatic rings. The zero-order valence-electron chi connectivity index (χ0n) is 9.13. The zero-order valence-corrected chi connectivity index (χ0v) is 10.8. The van der Waals surface area contributed by atoms with E-state index in [-0.39, 0.29) is 7.27 Å². The third-order valence-corrected chi connectivity index (χ3v) is 4.56. The van der Waals surface area contributed by atoms with Gasteiger partial charge in [-0.2, -0.15) is 0 Å². The number of rotatable bonds is 3. The SMILES string of the molecule is CC(C)(C)CP(Cl)Cc1ccccc1. The highest BCUT2D eigenvalue weighted by Crippen LogP contribution is 2.49. The Morgan fingerprint density at radius 3 is 2.21 bits per heavy atom. The van der Waals surface area contributed by atoms with Crippen LogP contribution in [-0.2, 0) is 6.16 Å². The Morgan fingerprint density at radius 1 is 1.14 bits per heavy atom. The molecule has 0 saturated carbocycles. The summed E-state index contributed by atoms with van der Waals surface area (Å²) in [5.74, 6) is 0. The van der Waals surface area contributed by atoms with Gasteiger partial charge in [-0.25, -0.2) is 0 Å². The predicted octanol–water partition coefficient (Wildman–Crippen LogP) is 4.87. The Balaban J connectivity index is 2.46. The first-order valence-electron chi connectivity index (χ1n) is 4.92. The summed E-state index contributed by atoms with van der Waals surface area (Å²) in [6, 6.07) is 10.5. The van der Waals surface area contributed by atoms with Crippen LogP contribution in [0.5, 0.6) is 0 Å². The second-order valence-corrected chi connectivity index (χ2v) is 7.82. The van der Waals surface area contributed by atoms with Crippen molar-refractivity contribution in [2.45, 2.75) is 26.9 Å². The Bertz CT molecular complexity index is 263.